The molecule has 0 radical (unpaired) electrons. The van der Waals surface area contributed by atoms with Gasteiger partial charge in [0.05, 0.1) is 11.4 Å². The van der Waals surface area contributed by atoms with Gasteiger partial charge in [-0.05, 0) is 37.0 Å². The predicted octanol–water partition coefficient (Wildman–Crippen LogP) is 2.17. The van der Waals surface area contributed by atoms with Gasteiger partial charge in [-0.1, -0.05) is 0 Å². The van der Waals surface area contributed by atoms with Crippen LogP contribution in [0.5, 0.6) is 0 Å². The molecule has 26 heavy (non-hydrogen) atoms. The number of aromatic nitrogens is 3. The Labute approximate surface area is 149 Å². The van der Waals surface area contributed by atoms with Gasteiger partial charge < -0.3 is 20.1 Å². The molecule has 136 valence electrons. The molecule has 8 nitrogen and oxygen atoms in total. The Bertz CT molecular complexity index is 830. The van der Waals surface area contributed by atoms with E-state index in [9.17, 15) is 14.0 Å². The van der Waals surface area contributed by atoms with E-state index in [1.165, 1.54) is 12.1 Å². The summed E-state index contributed by atoms with van der Waals surface area (Å²) in [7, 11) is 0. The Kier molecular flexibility index (Phi) is 4.27. The number of carbonyl (C=O) groups is 2. The highest BCUT2D eigenvalue weighted by atomic mass is 19.1. The first kappa shape index (κ1) is 16.5. The number of hydrogen-bond donors (Lipinski definition) is 2. The van der Waals surface area contributed by atoms with Gasteiger partial charge in [0.25, 0.3) is 0 Å². The molecule has 0 bridgehead atoms. The van der Waals surface area contributed by atoms with E-state index in [1.807, 2.05) is 4.57 Å². The Hall–Kier alpha value is -2.97. The van der Waals surface area contributed by atoms with Crippen LogP contribution in [0, 0.1) is 5.82 Å². The van der Waals surface area contributed by atoms with Crippen LogP contribution in [-0.4, -0.2) is 44.7 Å². The zero-order valence-electron chi connectivity index (χ0n) is 14.1. The van der Waals surface area contributed by atoms with Crippen molar-refractivity contribution in [1.29, 1.82) is 0 Å². The molecule has 0 aliphatic carbocycles. The lowest BCUT2D eigenvalue weighted by molar-refractivity contribution is -0.116. The SMILES string of the molecule is O=C1CCc2cc(F)cc(NC(=O)N3CCC(n4cnnc4)CC3)c2N1. The first-order valence-corrected chi connectivity index (χ1v) is 8.62. The quantitative estimate of drug-likeness (QED) is 0.861. The largest absolute Gasteiger partial charge is 0.324 e. The van der Waals surface area contributed by atoms with Crippen molar-refractivity contribution in [3.63, 3.8) is 0 Å². The van der Waals surface area contributed by atoms with Gasteiger partial charge in [0, 0.05) is 25.6 Å². The molecule has 1 fully saturated rings. The van der Waals surface area contributed by atoms with Crippen LogP contribution in [0.3, 0.4) is 0 Å². The van der Waals surface area contributed by atoms with Gasteiger partial charge in [-0.25, -0.2) is 9.18 Å². The molecule has 0 atom stereocenters. The van der Waals surface area contributed by atoms with E-state index < -0.39 is 5.82 Å². The number of piperidine rings is 1. The Balaban J connectivity index is 1.44. The summed E-state index contributed by atoms with van der Waals surface area (Å²) in [5, 5.41) is 13.1. The second-order valence-electron chi connectivity index (χ2n) is 6.59. The van der Waals surface area contributed by atoms with Crippen molar-refractivity contribution in [3.8, 4) is 0 Å². The van der Waals surface area contributed by atoms with E-state index >= 15 is 0 Å². The van der Waals surface area contributed by atoms with Gasteiger partial charge >= 0.3 is 6.03 Å². The summed E-state index contributed by atoms with van der Waals surface area (Å²) in [6.07, 6.45) is 5.74. The van der Waals surface area contributed by atoms with Gasteiger partial charge in [-0.15, -0.1) is 10.2 Å². The van der Waals surface area contributed by atoms with Crippen molar-refractivity contribution < 1.29 is 14.0 Å². The number of hydrogen-bond acceptors (Lipinski definition) is 4. The highest BCUT2D eigenvalue weighted by Crippen LogP contribution is 2.32. The first-order chi connectivity index (χ1) is 12.6. The number of anilines is 2. The van der Waals surface area contributed by atoms with Gasteiger partial charge in [-0.2, -0.15) is 0 Å². The fraction of sp³-hybridized carbons (Fsp3) is 0.412. The van der Waals surface area contributed by atoms with Crippen LogP contribution in [0.4, 0.5) is 20.6 Å². The molecule has 2 aliphatic heterocycles. The maximum Gasteiger partial charge on any atom is 0.321 e. The van der Waals surface area contributed by atoms with Crippen molar-refractivity contribution in [1.82, 2.24) is 19.7 Å². The molecule has 9 heteroatoms. The smallest absolute Gasteiger partial charge is 0.321 e. The third-order valence-corrected chi connectivity index (χ3v) is 4.92. The van der Waals surface area contributed by atoms with Crippen LogP contribution in [0.1, 0.15) is 30.9 Å². The maximum atomic E-state index is 13.9. The number of likely N-dealkylation sites (tertiary alicyclic amines) is 1. The zero-order chi connectivity index (χ0) is 18.1. The average molecular weight is 358 g/mol. The fourth-order valence-electron chi connectivity index (χ4n) is 3.52. The van der Waals surface area contributed by atoms with Crippen LogP contribution in [0.2, 0.25) is 0 Å². The standard InChI is InChI=1S/C17H19FN6O2/c18-12-7-11-1-2-15(25)22-16(11)14(8-12)21-17(26)23-5-3-13(4-6-23)24-9-19-20-10-24/h7-10,13H,1-6H2,(H,21,26)(H,22,25). The third-order valence-electron chi connectivity index (χ3n) is 4.92. The molecule has 3 heterocycles. The van der Waals surface area contributed by atoms with E-state index in [2.05, 4.69) is 20.8 Å². The lowest BCUT2D eigenvalue weighted by Gasteiger charge is -2.32. The number of rotatable bonds is 2. The van der Waals surface area contributed by atoms with Crippen molar-refractivity contribution in [2.24, 2.45) is 0 Å². The minimum atomic E-state index is -0.429. The molecule has 2 aliphatic rings. The number of fused-ring (bicyclic) bond motifs is 1. The summed E-state index contributed by atoms with van der Waals surface area (Å²) in [6.45, 7) is 1.16. The lowest BCUT2D eigenvalue weighted by Crippen LogP contribution is -2.41. The summed E-state index contributed by atoms with van der Waals surface area (Å²) < 4.78 is 15.8. The number of carbonyl (C=O) groups excluding carboxylic acids is 2. The van der Waals surface area contributed by atoms with E-state index in [1.54, 1.807) is 17.6 Å². The van der Waals surface area contributed by atoms with Gasteiger partial charge in [0.15, 0.2) is 0 Å². The first-order valence-electron chi connectivity index (χ1n) is 8.62. The maximum absolute atomic E-state index is 13.9. The molecular formula is C17H19FN6O2. The highest BCUT2D eigenvalue weighted by Gasteiger charge is 2.26. The number of nitrogens with zero attached hydrogens (tertiary/aromatic N) is 4. The highest BCUT2D eigenvalue weighted by molar-refractivity contribution is 6.01. The number of aryl methyl sites for hydroxylation is 1. The molecular weight excluding hydrogens is 339 g/mol. The van der Waals surface area contributed by atoms with Gasteiger partial charge in [0.2, 0.25) is 5.91 Å². The molecule has 1 aromatic carbocycles. The van der Waals surface area contributed by atoms with Crippen LogP contribution in [-0.2, 0) is 11.2 Å². The summed E-state index contributed by atoms with van der Waals surface area (Å²) in [5.74, 6) is -0.559. The molecule has 0 spiro atoms. The van der Waals surface area contributed by atoms with Crippen LogP contribution >= 0.6 is 0 Å². The number of benzene rings is 1. The Morgan fingerprint density at radius 1 is 1.19 bits per heavy atom. The van der Waals surface area contributed by atoms with Crippen LogP contribution in [0.25, 0.3) is 0 Å². The van der Waals surface area contributed by atoms with Crippen molar-refractivity contribution in [2.45, 2.75) is 31.7 Å². The molecule has 2 aromatic rings. The summed E-state index contributed by atoms with van der Waals surface area (Å²) >= 11 is 0. The monoisotopic (exact) mass is 358 g/mol. The molecule has 2 N–H and O–H groups in total. The second kappa shape index (κ2) is 6.74. The molecule has 0 saturated carbocycles. The lowest BCUT2D eigenvalue weighted by atomic mass is 10.0. The minimum Gasteiger partial charge on any atom is -0.324 e. The van der Waals surface area contributed by atoms with Crippen LogP contribution in [0.15, 0.2) is 24.8 Å². The fourth-order valence-corrected chi connectivity index (χ4v) is 3.52. The molecule has 3 amide bonds. The van der Waals surface area contributed by atoms with E-state index in [0.717, 1.165) is 12.8 Å². The summed E-state index contributed by atoms with van der Waals surface area (Å²) in [6, 6.07) is 2.62. The van der Waals surface area contributed by atoms with E-state index in [0.29, 0.717) is 42.9 Å². The van der Waals surface area contributed by atoms with Gasteiger partial charge in [-0.3, -0.25) is 4.79 Å². The Morgan fingerprint density at radius 3 is 2.65 bits per heavy atom. The van der Waals surface area contributed by atoms with Gasteiger partial charge in [0.1, 0.15) is 18.5 Å². The van der Waals surface area contributed by atoms with E-state index in [-0.39, 0.29) is 18.0 Å². The molecule has 1 aromatic heterocycles. The third kappa shape index (κ3) is 3.24. The normalized spacial score (nSPS) is 17.6. The average Bonchev–Trinajstić information content (AvgIpc) is 3.17. The Morgan fingerprint density at radius 2 is 1.92 bits per heavy atom. The number of nitrogens with one attached hydrogen (secondary N) is 2. The molecule has 1 saturated heterocycles. The number of amides is 3. The minimum absolute atomic E-state index is 0.130. The second-order valence-corrected chi connectivity index (χ2v) is 6.59. The molecule has 0 unspecified atom stereocenters. The predicted molar refractivity (Wildman–Crippen MR) is 92.2 cm³/mol. The topological polar surface area (TPSA) is 92.2 Å². The van der Waals surface area contributed by atoms with E-state index in [4.69, 9.17) is 0 Å². The number of halogens is 1. The molecule has 4 rings (SSSR count). The zero-order valence-corrected chi connectivity index (χ0v) is 14.1. The van der Waals surface area contributed by atoms with Crippen molar-refractivity contribution in [3.05, 3.63) is 36.2 Å². The van der Waals surface area contributed by atoms with Crippen LogP contribution < -0.4 is 10.6 Å². The summed E-state index contributed by atoms with van der Waals surface area (Å²) in [5.41, 5.74) is 1.50. The summed E-state index contributed by atoms with van der Waals surface area (Å²) in [4.78, 5) is 25.9. The van der Waals surface area contributed by atoms with Crippen molar-refractivity contribution in [2.75, 3.05) is 23.7 Å². The van der Waals surface area contributed by atoms with Crippen molar-refractivity contribution >= 4 is 23.3 Å². The number of urea groups is 1.